The summed E-state index contributed by atoms with van der Waals surface area (Å²) in [5, 5.41) is 0. The predicted octanol–water partition coefficient (Wildman–Crippen LogP) is 1.25. The lowest BCUT2D eigenvalue weighted by Gasteiger charge is -2.22. The highest BCUT2D eigenvalue weighted by Gasteiger charge is 2.52. The fourth-order valence-corrected chi connectivity index (χ4v) is 2.58. The molecule has 0 amide bonds. The fourth-order valence-electron chi connectivity index (χ4n) is 1.97. The molecular weight excluding hydrogens is 345 g/mol. The maximum absolute atomic E-state index is 14.3. The van der Waals surface area contributed by atoms with Gasteiger partial charge in [0.15, 0.2) is 10.9 Å². The van der Waals surface area contributed by atoms with Gasteiger partial charge in [0.05, 0.1) is 0 Å². The second-order valence-electron chi connectivity index (χ2n) is 4.80. The van der Waals surface area contributed by atoms with Crippen LogP contribution in [-0.2, 0) is 13.8 Å². The topological polar surface area (TPSA) is 114 Å². The molecule has 0 unspecified atom stereocenters. The molecule has 8 nitrogen and oxygen atoms in total. The number of hydrogen-bond acceptors (Lipinski definition) is 5. The summed E-state index contributed by atoms with van der Waals surface area (Å²) in [6.07, 6.45) is -2.53. The largest absolute Gasteiger partial charge is 0.469 e. The average molecular weight is 358 g/mol. The van der Waals surface area contributed by atoms with Gasteiger partial charge in [0.2, 0.25) is 0 Å². The minimum Gasteiger partial charge on any atom is -0.317 e. The van der Waals surface area contributed by atoms with E-state index in [-0.39, 0.29) is 10.3 Å². The van der Waals surface area contributed by atoms with Crippen molar-refractivity contribution in [2.24, 2.45) is 0 Å². The first-order valence-corrected chi connectivity index (χ1v) is 7.99. The molecule has 3 N–H and O–H groups in total. The molecule has 1 aliphatic rings. The molecule has 0 aliphatic carbocycles. The zero-order valence-electron chi connectivity index (χ0n) is 11.2. The van der Waals surface area contributed by atoms with Crippen molar-refractivity contribution in [2.45, 2.75) is 31.6 Å². The number of ether oxygens (including phenoxy) is 1. The lowest BCUT2D eigenvalue weighted by Crippen LogP contribution is -2.36. The van der Waals surface area contributed by atoms with E-state index < -0.39 is 44.7 Å². The third-order valence-electron chi connectivity index (χ3n) is 3.09. The second-order valence-corrected chi connectivity index (χ2v) is 6.43. The molecule has 1 aromatic rings. The van der Waals surface area contributed by atoms with Crippen LogP contribution in [0.2, 0.25) is 0 Å². The Morgan fingerprint density at radius 1 is 1.68 bits per heavy atom. The van der Waals surface area contributed by atoms with Crippen LogP contribution in [0.25, 0.3) is 0 Å². The van der Waals surface area contributed by atoms with Crippen molar-refractivity contribution >= 4 is 20.0 Å². The molecule has 1 saturated heterocycles. The Labute approximate surface area is 127 Å². The van der Waals surface area contributed by atoms with E-state index in [0.717, 1.165) is 4.57 Å². The third kappa shape index (κ3) is 3.67. The number of phosphoric acid groups is 1. The van der Waals surface area contributed by atoms with Crippen LogP contribution in [0.15, 0.2) is 11.0 Å². The molecule has 0 radical (unpaired) electrons. The smallest absolute Gasteiger partial charge is 0.317 e. The molecular formula is C10H13F2N2O6PS. The van der Waals surface area contributed by atoms with Crippen molar-refractivity contribution < 1.29 is 32.4 Å². The predicted molar refractivity (Wildman–Crippen MR) is 72.1 cm³/mol. The van der Waals surface area contributed by atoms with E-state index in [0.29, 0.717) is 0 Å². The van der Waals surface area contributed by atoms with E-state index in [1.807, 2.05) is 0 Å². The van der Waals surface area contributed by atoms with Crippen LogP contribution in [0.4, 0.5) is 8.78 Å². The number of aromatic amines is 1. The number of nitrogens with zero attached hydrogens (tertiary/aromatic N) is 1. The number of hydrogen-bond donors (Lipinski definition) is 3. The van der Waals surface area contributed by atoms with Crippen molar-refractivity contribution in [1.29, 1.82) is 0 Å². The molecule has 0 aromatic carbocycles. The minimum absolute atomic E-state index is 0.0899. The SMILES string of the molecule is Cc1cn([C@H]2C[C@H](F)[C@@](F)(COP(=O)(O)O)O2)c(=S)[nH]c1=O. The number of phosphoric ester groups is 1. The highest BCUT2D eigenvalue weighted by atomic mass is 32.1. The molecule has 12 heteroatoms. The second kappa shape index (κ2) is 5.91. The number of H-pyrrole nitrogens is 1. The lowest BCUT2D eigenvalue weighted by atomic mass is 10.2. The summed E-state index contributed by atoms with van der Waals surface area (Å²) >= 11 is 4.90. The van der Waals surface area contributed by atoms with Crippen molar-refractivity contribution in [3.63, 3.8) is 0 Å². The third-order valence-corrected chi connectivity index (χ3v) is 3.87. The molecule has 22 heavy (non-hydrogen) atoms. The van der Waals surface area contributed by atoms with Gasteiger partial charge in [-0.1, -0.05) is 0 Å². The van der Waals surface area contributed by atoms with Gasteiger partial charge in [-0.15, -0.1) is 0 Å². The van der Waals surface area contributed by atoms with Gasteiger partial charge in [-0.25, -0.2) is 13.3 Å². The highest BCUT2D eigenvalue weighted by Crippen LogP contribution is 2.44. The van der Waals surface area contributed by atoms with Crippen molar-refractivity contribution in [2.75, 3.05) is 6.61 Å². The highest BCUT2D eigenvalue weighted by molar-refractivity contribution is 7.71. The monoisotopic (exact) mass is 358 g/mol. The minimum atomic E-state index is -4.96. The number of aryl methyl sites for hydroxylation is 1. The van der Waals surface area contributed by atoms with E-state index in [9.17, 15) is 18.1 Å². The van der Waals surface area contributed by atoms with E-state index >= 15 is 0 Å². The van der Waals surface area contributed by atoms with Crippen LogP contribution in [0.1, 0.15) is 18.2 Å². The Balaban J connectivity index is 2.24. The Kier molecular flexibility index (Phi) is 4.67. The molecule has 2 rings (SSSR count). The number of rotatable bonds is 4. The van der Waals surface area contributed by atoms with Crippen LogP contribution in [0, 0.1) is 11.7 Å². The zero-order valence-corrected chi connectivity index (χ0v) is 12.9. The molecule has 124 valence electrons. The van der Waals surface area contributed by atoms with Crippen LogP contribution in [0.3, 0.4) is 0 Å². The normalized spacial score (nSPS) is 29.0. The van der Waals surface area contributed by atoms with Crippen molar-refractivity contribution in [3.8, 4) is 0 Å². The number of halogens is 2. The molecule has 1 fully saturated rings. The standard InChI is InChI=1S/C10H13F2N2O6PS/c1-5-3-14(9(22)13-8(5)15)7-2-6(11)10(12,20-7)4-19-21(16,17)18/h3,6-7H,2,4H2,1H3,(H,13,15,22)(H2,16,17,18)/t6-,7+,10+/m0/s1. The summed E-state index contributed by atoms with van der Waals surface area (Å²) in [6.45, 7) is 0.205. The van der Waals surface area contributed by atoms with Gasteiger partial charge in [-0.2, -0.15) is 0 Å². The van der Waals surface area contributed by atoms with Crippen molar-refractivity contribution in [3.05, 3.63) is 26.9 Å². The molecule has 1 aromatic heterocycles. The lowest BCUT2D eigenvalue weighted by molar-refractivity contribution is -0.193. The number of nitrogens with one attached hydrogen (secondary N) is 1. The van der Waals surface area contributed by atoms with Crippen LogP contribution in [-0.4, -0.2) is 38.0 Å². The molecule has 0 bridgehead atoms. The van der Waals surface area contributed by atoms with Crippen LogP contribution in [0.5, 0.6) is 0 Å². The Morgan fingerprint density at radius 2 is 2.32 bits per heavy atom. The summed E-state index contributed by atoms with van der Waals surface area (Å²) in [5.74, 6) is -3.02. The van der Waals surface area contributed by atoms with E-state index in [1.54, 1.807) is 0 Å². The van der Waals surface area contributed by atoms with Crippen LogP contribution >= 0.6 is 20.0 Å². The summed E-state index contributed by atoms with van der Waals surface area (Å²) in [6, 6.07) is 0. The zero-order chi connectivity index (χ0) is 16.7. The number of aromatic nitrogens is 2. The summed E-state index contributed by atoms with van der Waals surface area (Å²) < 4.78 is 48.7. The number of alkyl halides is 2. The Hall–Kier alpha value is -0.970. The Morgan fingerprint density at radius 3 is 2.91 bits per heavy atom. The van der Waals surface area contributed by atoms with Gasteiger partial charge in [-0.3, -0.25) is 18.9 Å². The summed E-state index contributed by atoms with van der Waals surface area (Å²) in [7, 11) is -4.96. The van der Waals surface area contributed by atoms with E-state index in [4.69, 9.17) is 26.7 Å². The van der Waals surface area contributed by atoms with Crippen LogP contribution < -0.4 is 5.56 Å². The first-order valence-electron chi connectivity index (χ1n) is 6.05. The van der Waals surface area contributed by atoms with E-state index in [1.165, 1.54) is 13.1 Å². The Bertz CT molecular complexity index is 733. The molecule has 3 atom stereocenters. The maximum Gasteiger partial charge on any atom is 0.469 e. The van der Waals surface area contributed by atoms with Gasteiger partial charge in [0.25, 0.3) is 11.4 Å². The molecule has 0 saturated carbocycles. The van der Waals surface area contributed by atoms with Gasteiger partial charge in [0.1, 0.15) is 12.8 Å². The fraction of sp³-hybridized carbons (Fsp3) is 0.600. The van der Waals surface area contributed by atoms with Gasteiger partial charge >= 0.3 is 7.82 Å². The molecule has 1 aliphatic heterocycles. The summed E-state index contributed by atoms with van der Waals surface area (Å²) in [4.78, 5) is 30.8. The summed E-state index contributed by atoms with van der Waals surface area (Å²) in [5.41, 5.74) is -0.178. The van der Waals surface area contributed by atoms with Gasteiger partial charge in [-0.05, 0) is 19.1 Å². The quantitative estimate of drug-likeness (QED) is 0.548. The molecule has 2 heterocycles. The van der Waals surface area contributed by atoms with E-state index in [2.05, 4.69) is 9.51 Å². The molecule has 0 spiro atoms. The van der Waals surface area contributed by atoms with Crippen molar-refractivity contribution in [1.82, 2.24) is 9.55 Å². The maximum atomic E-state index is 14.3. The average Bonchev–Trinajstić information content (AvgIpc) is 2.68. The van der Waals surface area contributed by atoms with Gasteiger partial charge in [0, 0.05) is 18.2 Å². The first kappa shape index (κ1) is 17.4. The first-order chi connectivity index (χ1) is 10.0. The van der Waals surface area contributed by atoms with Gasteiger partial charge < -0.3 is 14.5 Å².